The number of fused-ring (bicyclic) bond motifs is 1. The number of aryl methyl sites for hydroxylation is 2. The molecule has 1 N–H and O–H groups in total. The van der Waals surface area contributed by atoms with Crippen LogP contribution in [0.15, 0.2) is 48.5 Å². The lowest BCUT2D eigenvalue weighted by molar-refractivity contribution is -0.182. The Kier molecular flexibility index (Phi) is 3.61. The third-order valence-electron chi connectivity index (χ3n) is 3.31. The van der Waals surface area contributed by atoms with E-state index in [2.05, 4.69) is 15.2 Å². The average molecular weight is 283 g/mol. The Morgan fingerprint density at radius 3 is 2.67 bits per heavy atom. The molecule has 6 heteroatoms. The van der Waals surface area contributed by atoms with Crippen molar-refractivity contribution >= 4 is 17.0 Å². The van der Waals surface area contributed by atoms with Crippen LogP contribution in [0.1, 0.15) is 15.9 Å². The fourth-order valence-electron chi connectivity index (χ4n) is 2.18. The summed E-state index contributed by atoms with van der Waals surface area (Å²) in [5.74, 6) is -0.760. The summed E-state index contributed by atoms with van der Waals surface area (Å²) >= 11 is 0. The van der Waals surface area contributed by atoms with Crippen LogP contribution in [0.2, 0.25) is 0 Å². The summed E-state index contributed by atoms with van der Waals surface area (Å²) in [6, 6.07) is 14.7. The maximum atomic E-state index is 11.1. The zero-order valence-corrected chi connectivity index (χ0v) is 11.1. The largest absolute Gasteiger partial charge is 0.372 e. The van der Waals surface area contributed by atoms with Gasteiger partial charge in [-0.2, -0.15) is 5.26 Å². The van der Waals surface area contributed by atoms with E-state index < -0.39 is 5.97 Å². The zero-order chi connectivity index (χ0) is 14.7. The molecule has 0 aliphatic rings. The molecule has 0 spiro atoms. The van der Waals surface area contributed by atoms with E-state index in [0.717, 1.165) is 23.0 Å². The Labute approximate surface area is 120 Å². The van der Waals surface area contributed by atoms with Crippen molar-refractivity contribution in [3.8, 4) is 0 Å². The highest BCUT2D eigenvalue weighted by atomic mass is 17.1. The molecule has 0 bridgehead atoms. The summed E-state index contributed by atoms with van der Waals surface area (Å²) in [5.41, 5.74) is 3.24. The molecule has 3 aromatic rings. The van der Waals surface area contributed by atoms with Crippen LogP contribution in [0.5, 0.6) is 0 Å². The van der Waals surface area contributed by atoms with Gasteiger partial charge >= 0.3 is 5.97 Å². The maximum Gasteiger partial charge on any atom is 0.372 e. The monoisotopic (exact) mass is 283 g/mol. The Morgan fingerprint density at radius 1 is 1.14 bits per heavy atom. The van der Waals surface area contributed by atoms with Crippen LogP contribution in [-0.4, -0.2) is 26.2 Å². The van der Waals surface area contributed by atoms with Crippen molar-refractivity contribution in [2.24, 2.45) is 0 Å². The number of carbonyl (C=O) groups excluding carboxylic acids is 1. The van der Waals surface area contributed by atoms with Gasteiger partial charge in [-0.15, -0.1) is 5.10 Å². The van der Waals surface area contributed by atoms with E-state index in [1.54, 1.807) is 12.1 Å². The van der Waals surface area contributed by atoms with Crippen molar-refractivity contribution in [2.75, 3.05) is 0 Å². The molecule has 0 aliphatic heterocycles. The standard InChI is InChI=1S/C15H13N3O3/c19-15(21-20)12-7-5-11(6-8-12)9-10-18-14-4-2-1-3-13(14)16-17-18/h1-8,20H,9-10H2. The number of para-hydroxylation sites is 1. The van der Waals surface area contributed by atoms with Gasteiger partial charge in [0.1, 0.15) is 5.52 Å². The molecule has 0 fully saturated rings. The van der Waals surface area contributed by atoms with E-state index in [9.17, 15) is 4.79 Å². The molecular weight excluding hydrogens is 270 g/mol. The van der Waals surface area contributed by atoms with Crippen molar-refractivity contribution in [1.29, 1.82) is 0 Å². The number of benzene rings is 2. The topological polar surface area (TPSA) is 77.2 Å². The SMILES string of the molecule is O=C(OO)c1ccc(CCn2nnc3ccccc32)cc1. The summed E-state index contributed by atoms with van der Waals surface area (Å²) in [6.45, 7) is 0.699. The summed E-state index contributed by atoms with van der Waals surface area (Å²) in [4.78, 5) is 14.8. The number of nitrogens with zero attached hydrogens (tertiary/aromatic N) is 3. The van der Waals surface area contributed by atoms with E-state index in [4.69, 9.17) is 5.26 Å². The smallest absolute Gasteiger partial charge is 0.296 e. The van der Waals surface area contributed by atoms with Crippen molar-refractivity contribution in [3.05, 3.63) is 59.7 Å². The van der Waals surface area contributed by atoms with Crippen LogP contribution in [0.25, 0.3) is 11.0 Å². The first-order chi connectivity index (χ1) is 10.3. The van der Waals surface area contributed by atoms with Gasteiger partial charge in [-0.3, -0.25) is 4.89 Å². The average Bonchev–Trinajstić information content (AvgIpc) is 2.96. The molecule has 0 atom stereocenters. The molecular formula is C15H13N3O3. The second kappa shape index (κ2) is 5.72. The predicted octanol–water partition coefficient (Wildman–Crippen LogP) is 2.30. The molecule has 6 nitrogen and oxygen atoms in total. The Morgan fingerprint density at radius 2 is 1.90 bits per heavy atom. The summed E-state index contributed by atoms with van der Waals surface area (Å²) in [7, 11) is 0. The Balaban J connectivity index is 1.71. The van der Waals surface area contributed by atoms with Gasteiger partial charge in [0, 0.05) is 6.54 Å². The van der Waals surface area contributed by atoms with E-state index in [1.807, 2.05) is 41.1 Å². The van der Waals surface area contributed by atoms with Crippen molar-refractivity contribution in [1.82, 2.24) is 15.0 Å². The van der Waals surface area contributed by atoms with Crippen molar-refractivity contribution < 1.29 is 14.9 Å². The molecule has 106 valence electrons. The number of rotatable bonds is 4. The fraction of sp³-hybridized carbons (Fsp3) is 0.133. The quantitative estimate of drug-likeness (QED) is 0.587. The minimum absolute atomic E-state index is 0.312. The molecule has 1 heterocycles. The van der Waals surface area contributed by atoms with E-state index in [0.29, 0.717) is 12.1 Å². The third-order valence-corrected chi connectivity index (χ3v) is 3.31. The lowest BCUT2D eigenvalue weighted by atomic mass is 10.1. The molecule has 0 unspecified atom stereocenters. The van der Waals surface area contributed by atoms with Gasteiger partial charge in [-0.05, 0) is 36.2 Å². The van der Waals surface area contributed by atoms with E-state index in [-0.39, 0.29) is 0 Å². The van der Waals surface area contributed by atoms with Gasteiger partial charge in [-0.1, -0.05) is 29.5 Å². The lowest BCUT2D eigenvalue weighted by Crippen LogP contribution is -2.04. The summed E-state index contributed by atoms with van der Waals surface area (Å²) in [5, 5.41) is 16.6. The second-order valence-electron chi connectivity index (χ2n) is 4.63. The van der Waals surface area contributed by atoms with Gasteiger partial charge in [0.25, 0.3) is 0 Å². The Hall–Kier alpha value is -2.73. The highest BCUT2D eigenvalue weighted by Gasteiger charge is 2.07. The zero-order valence-electron chi connectivity index (χ0n) is 11.1. The molecule has 0 aliphatic carbocycles. The van der Waals surface area contributed by atoms with Gasteiger partial charge in [0.2, 0.25) is 0 Å². The first kappa shape index (κ1) is 13.3. The van der Waals surface area contributed by atoms with Crippen LogP contribution in [0.4, 0.5) is 0 Å². The summed E-state index contributed by atoms with van der Waals surface area (Å²) in [6.07, 6.45) is 0.766. The van der Waals surface area contributed by atoms with Crippen molar-refractivity contribution in [3.63, 3.8) is 0 Å². The number of hydrogen-bond acceptors (Lipinski definition) is 5. The predicted molar refractivity (Wildman–Crippen MR) is 75.7 cm³/mol. The van der Waals surface area contributed by atoms with Crippen LogP contribution in [0, 0.1) is 0 Å². The van der Waals surface area contributed by atoms with Gasteiger partial charge in [0.15, 0.2) is 0 Å². The molecule has 0 radical (unpaired) electrons. The van der Waals surface area contributed by atoms with Crippen LogP contribution >= 0.6 is 0 Å². The minimum atomic E-state index is -0.760. The van der Waals surface area contributed by atoms with Gasteiger partial charge in [-0.25, -0.2) is 9.48 Å². The molecule has 0 saturated carbocycles. The molecule has 1 aromatic heterocycles. The van der Waals surface area contributed by atoms with Crippen LogP contribution in [0.3, 0.4) is 0 Å². The van der Waals surface area contributed by atoms with Gasteiger partial charge < -0.3 is 0 Å². The molecule has 2 aromatic carbocycles. The molecule has 0 amide bonds. The first-order valence-corrected chi connectivity index (χ1v) is 6.51. The fourth-order valence-corrected chi connectivity index (χ4v) is 2.18. The normalized spacial score (nSPS) is 10.7. The van der Waals surface area contributed by atoms with Crippen LogP contribution in [-0.2, 0) is 17.9 Å². The van der Waals surface area contributed by atoms with Crippen LogP contribution < -0.4 is 0 Å². The highest BCUT2D eigenvalue weighted by molar-refractivity contribution is 5.88. The Bertz CT molecular complexity index is 765. The maximum absolute atomic E-state index is 11.1. The minimum Gasteiger partial charge on any atom is -0.296 e. The molecule has 0 saturated heterocycles. The number of hydrogen-bond donors (Lipinski definition) is 1. The van der Waals surface area contributed by atoms with E-state index >= 15 is 0 Å². The van der Waals surface area contributed by atoms with E-state index in [1.165, 1.54) is 0 Å². The first-order valence-electron chi connectivity index (χ1n) is 6.51. The number of carbonyl (C=O) groups is 1. The highest BCUT2D eigenvalue weighted by Crippen LogP contribution is 2.12. The number of aromatic nitrogens is 3. The molecule has 21 heavy (non-hydrogen) atoms. The van der Waals surface area contributed by atoms with Gasteiger partial charge in [0.05, 0.1) is 11.1 Å². The lowest BCUT2D eigenvalue weighted by Gasteiger charge is -2.04. The third kappa shape index (κ3) is 2.75. The van der Waals surface area contributed by atoms with Crippen molar-refractivity contribution in [2.45, 2.75) is 13.0 Å². The second-order valence-corrected chi connectivity index (χ2v) is 4.63. The molecule has 3 rings (SSSR count). The summed E-state index contributed by atoms with van der Waals surface area (Å²) < 4.78 is 1.85.